The van der Waals surface area contributed by atoms with Gasteiger partial charge in [0.15, 0.2) is 5.96 Å². The summed E-state index contributed by atoms with van der Waals surface area (Å²) in [6.45, 7) is 9.93. The summed E-state index contributed by atoms with van der Waals surface area (Å²) in [7, 11) is 2.01. The highest BCUT2D eigenvalue weighted by Crippen LogP contribution is 2.13. The highest BCUT2D eigenvalue weighted by molar-refractivity contribution is 7.09. The smallest absolute Gasteiger partial charge is 0.226 e. The van der Waals surface area contributed by atoms with E-state index in [0.717, 1.165) is 41.0 Å². The number of rotatable bonds is 7. The van der Waals surface area contributed by atoms with Crippen LogP contribution in [0.15, 0.2) is 34.6 Å². The number of aromatic nitrogens is 1. The molecule has 0 radical (unpaired) electrons. The zero-order chi connectivity index (χ0) is 19.8. The molecule has 7 heteroatoms. The van der Waals surface area contributed by atoms with Gasteiger partial charge in [0, 0.05) is 30.6 Å². The molecule has 1 amide bonds. The lowest BCUT2D eigenvalue weighted by Gasteiger charge is -2.21. The van der Waals surface area contributed by atoms with E-state index < -0.39 is 0 Å². The van der Waals surface area contributed by atoms with Crippen molar-refractivity contribution in [2.45, 2.75) is 40.8 Å². The fraction of sp³-hybridized carbons (Fsp3) is 0.450. The van der Waals surface area contributed by atoms with Crippen molar-refractivity contribution in [1.29, 1.82) is 0 Å². The number of nitrogens with zero attached hydrogens (tertiary/aromatic N) is 3. The van der Waals surface area contributed by atoms with E-state index in [-0.39, 0.29) is 11.8 Å². The molecule has 0 aliphatic heterocycles. The molecule has 2 rings (SSSR count). The number of aliphatic imine (C=N–C) groups is 1. The monoisotopic (exact) mass is 387 g/mol. The first kappa shape index (κ1) is 20.9. The lowest BCUT2D eigenvalue weighted by molar-refractivity contribution is -0.118. The van der Waals surface area contributed by atoms with Crippen LogP contribution >= 0.6 is 11.3 Å². The Kier molecular flexibility index (Phi) is 7.79. The molecule has 1 aromatic carbocycles. The summed E-state index contributed by atoms with van der Waals surface area (Å²) in [4.78, 5) is 23.1. The van der Waals surface area contributed by atoms with Gasteiger partial charge in [-0.3, -0.25) is 4.79 Å². The maximum absolute atomic E-state index is 11.8. The molecule has 0 atom stereocenters. The molecule has 0 saturated carbocycles. The van der Waals surface area contributed by atoms with E-state index in [9.17, 15) is 4.79 Å². The molecule has 0 aliphatic rings. The maximum atomic E-state index is 11.8. The fourth-order valence-electron chi connectivity index (χ4n) is 2.41. The summed E-state index contributed by atoms with van der Waals surface area (Å²) < 4.78 is 0. The standard InChI is InChI=1S/C20H29N5OS/c1-6-21-20(25(5)12-18-13-27-15(4)23-18)22-11-16-7-9-17(10-8-16)24-19(26)14(2)3/h7-10,13-14H,6,11-12H2,1-5H3,(H,21,22)(H,24,26). The second kappa shape index (κ2) is 10.1. The first-order valence-corrected chi connectivity index (χ1v) is 10.1. The third kappa shape index (κ3) is 6.67. The summed E-state index contributed by atoms with van der Waals surface area (Å²) in [6, 6.07) is 7.82. The lowest BCUT2D eigenvalue weighted by atomic mass is 10.2. The van der Waals surface area contributed by atoms with Crippen LogP contribution in [0.4, 0.5) is 5.69 Å². The van der Waals surface area contributed by atoms with E-state index in [1.54, 1.807) is 11.3 Å². The third-order valence-corrected chi connectivity index (χ3v) is 4.74. The minimum absolute atomic E-state index is 0.0223. The zero-order valence-corrected chi connectivity index (χ0v) is 17.6. The Bertz CT molecular complexity index is 767. The quantitative estimate of drug-likeness (QED) is 0.562. The molecule has 0 spiro atoms. The number of thiazole rings is 1. The van der Waals surface area contributed by atoms with Crippen molar-refractivity contribution in [3.63, 3.8) is 0 Å². The van der Waals surface area contributed by atoms with Crippen molar-refractivity contribution in [2.75, 3.05) is 18.9 Å². The number of anilines is 1. The molecule has 27 heavy (non-hydrogen) atoms. The second-order valence-corrected chi connectivity index (χ2v) is 7.79. The van der Waals surface area contributed by atoms with Crippen molar-refractivity contribution in [3.05, 3.63) is 45.9 Å². The van der Waals surface area contributed by atoms with Gasteiger partial charge >= 0.3 is 0 Å². The van der Waals surface area contributed by atoms with Gasteiger partial charge in [-0.05, 0) is 31.5 Å². The van der Waals surface area contributed by atoms with E-state index >= 15 is 0 Å². The predicted molar refractivity (Wildman–Crippen MR) is 113 cm³/mol. The van der Waals surface area contributed by atoms with Crippen molar-refractivity contribution < 1.29 is 4.79 Å². The minimum Gasteiger partial charge on any atom is -0.357 e. The van der Waals surface area contributed by atoms with Crippen LogP contribution in [0.3, 0.4) is 0 Å². The summed E-state index contributed by atoms with van der Waals surface area (Å²) in [5.41, 5.74) is 2.95. The van der Waals surface area contributed by atoms with E-state index in [1.165, 1.54) is 0 Å². The van der Waals surface area contributed by atoms with Gasteiger partial charge in [0.2, 0.25) is 5.91 Å². The van der Waals surface area contributed by atoms with Crippen molar-refractivity contribution in [1.82, 2.24) is 15.2 Å². The molecule has 1 heterocycles. The number of aryl methyl sites for hydroxylation is 1. The number of hydrogen-bond donors (Lipinski definition) is 2. The fourth-order valence-corrected chi connectivity index (χ4v) is 3.02. The summed E-state index contributed by atoms with van der Waals surface area (Å²) in [5, 5.41) is 9.38. The Balaban J connectivity index is 1.99. The molecule has 2 aromatic rings. The zero-order valence-electron chi connectivity index (χ0n) is 16.7. The topological polar surface area (TPSA) is 69.6 Å². The van der Waals surface area contributed by atoms with Crippen molar-refractivity contribution >= 4 is 28.9 Å². The normalized spacial score (nSPS) is 11.6. The maximum Gasteiger partial charge on any atom is 0.226 e. The van der Waals surface area contributed by atoms with Crippen LogP contribution < -0.4 is 10.6 Å². The van der Waals surface area contributed by atoms with E-state index in [1.807, 2.05) is 52.1 Å². The number of guanidine groups is 1. The Morgan fingerprint density at radius 2 is 2.00 bits per heavy atom. The second-order valence-electron chi connectivity index (χ2n) is 6.72. The molecule has 0 bridgehead atoms. The van der Waals surface area contributed by atoms with Gasteiger partial charge in [-0.2, -0.15) is 0 Å². The summed E-state index contributed by atoms with van der Waals surface area (Å²) in [6.07, 6.45) is 0. The molecule has 0 saturated heterocycles. The van der Waals surface area contributed by atoms with E-state index in [4.69, 9.17) is 4.99 Å². The van der Waals surface area contributed by atoms with Gasteiger partial charge < -0.3 is 15.5 Å². The molecule has 0 fully saturated rings. The number of nitrogens with one attached hydrogen (secondary N) is 2. The van der Waals surface area contributed by atoms with Gasteiger partial charge in [-0.15, -0.1) is 11.3 Å². The van der Waals surface area contributed by atoms with Crippen LogP contribution in [0.2, 0.25) is 0 Å². The minimum atomic E-state index is -0.0333. The van der Waals surface area contributed by atoms with Gasteiger partial charge in [0.1, 0.15) is 0 Å². The number of carbonyl (C=O) groups excluding carboxylic acids is 1. The van der Waals surface area contributed by atoms with Gasteiger partial charge in [-0.1, -0.05) is 26.0 Å². The average molecular weight is 388 g/mol. The predicted octanol–water partition coefficient (Wildman–Crippen LogP) is 3.64. The Morgan fingerprint density at radius 1 is 1.30 bits per heavy atom. The Labute approximate surface area is 165 Å². The van der Waals surface area contributed by atoms with Crippen LogP contribution in [-0.4, -0.2) is 35.3 Å². The molecular weight excluding hydrogens is 358 g/mol. The Morgan fingerprint density at radius 3 is 2.56 bits per heavy atom. The van der Waals surface area contributed by atoms with Gasteiger partial charge in [0.05, 0.1) is 23.8 Å². The molecule has 0 unspecified atom stereocenters. The largest absolute Gasteiger partial charge is 0.357 e. The van der Waals surface area contributed by atoms with Crippen LogP contribution in [0.1, 0.15) is 37.0 Å². The average Bonchev–Trinajstić information content (AvgIpc) is 3.04. The van der Waals surface area contributed by atoms with Crippen LogP contribution in [0.25, 0.3) is 0 Å². The molecule has 2 N–H and O–H groups in total. The number of hydrogen-bond acceptors (Lipinski definition) is 4. The molecule has 1 aromatic heterocycles. The SMILES string of the molecule is CCNC(=NCc1ccc(NC(=O)C(C)C)cc1)N(C)Cc1csc(C)n1. The first-order valence-electron chi connectivity index (χ1n) is 9.19. The lowest BCUT2D eigenvalue weighted by Crippen LogP contribution is -2.38. The summed E-state index contributed by atoms with van der Waals surface area (Å²) >= 11 is 1.66. The highest BCUT2D eigenvalue weighted by Gasteiger charge is 2.09. The van der Waals surface area contributed by atoms with E-state index in [2.05, 4.69) is 32.8 Å². The van der Waals surface area contributed by atoms with Gasteiger partial charge in [-0.25, -0.2) is 9.98 Å². The highest BCUT2D eigenvalue weighted by atomic mass is 32.1. The van der Waals surface area contributed by atoms with Gasteiger partial charge in [0.25, 0.3) is 0 Å². The Hall–Kier alpha value is -2.41. The molecule has 6 nitrogen and oxygen atoms in total. The molecule has 0 aliphatic carbocycles. The summed E-state index contributed by atoms with van der Waals surface area (Å²) in [5.74, 6) is 0.837. The van der Waals surface area contributed by atoms with Crippen molar-refractivity contribution in [2.24, 2.45) is 10.9 Å². The third-order valence-electron chi connectivity index (χ3n) is 3.92. The van der Waals surface area contributed by atoms with Crippen LogP contribution in [0.5, 0.6) is 0 Å². The molecular formula is C20H29N5OS. The van der Waals surface area contributed by atoms with Crippen LogP contribution in [-0.2, 0) is 17.9 Å². The first-order chi connectivity index (χ1) is 12.9. The number of amides is 1. The number of carbonyl (C=O) groups is 1. The molecule has 146 valence electrons. The number of benzene rings is 1. The van der Waals surface area contributed by atoms with Crippen LogP contribution in [0, 0.1) is 12.8 Å². The van der Waals surface area contributed by atoms with Crippen molar-refractivity contribution in [3.8, 4) is 0 Å². The van der Waals surface area contributed by atoms with E-state index in [0.29, 0.717) is 6.54 Å².